The lowest BCUT2D eigenvalue weighted by molar-refractivity contribution is 0.0697. The molecule has 1 unspecified atom stereocenters. The number of aromatic carboxylic acids is 1. The van der Waals surface area contributed by atoms with Gasteiger partial charge in [-0.2, -0.15) is 0 Å². The summed E-state index contributed by atoms with van der Waals surface area (Å²) in [6.07, 6.45) is 4.51. The van der Waals surface area contributed by atoms with Crippen molar-refractivity contribution in [1.82, 2.24) is 4.90 Å². The largest absolute Gasteiger partial charge is 0.478 e. The van der Waals surface area contributed by atoms with Gasteiger partial charge in [0.25, 0.3) is 10.0 Å². The van der Waals surface area contributed by atoms with Gasteiger partial charge >= 0.3 is 5.97 Å². The Morgan fingerprint density at radius 2 is 1.79 bits per heavy atom. The van der Waals surface area contributed by atoms with E-state index in [1.54, 1.807) is 6.07 Å². The summed E-state index contributed by atoms with van der Waals surface area (Å²) in [5, 5.41) is 9.80. The van der Waals surface area contributed by atoms with E-state index in [1.807, 2.05) is 0 Å². The Balaban J connectivity index is 1.53. The van der Waals surface area contributed by atoms with Gasteiger partial charge in [-0.05, 0) is 81.1 Å². The molecule has 0 amide bonds. The van der Waals surface area contributed by atoms with Gasteiger partial charge in [0, 0.05) is 25.3 Å². The van der Waals surface area contributed by atoms with Crippen LogP contribution in [-0.2, 0) is 10.0 Å². The average Bonchev–Trinajstić information content (AvgIpc) is 3.28. The van der Waals surface area contributed by atoms with Gasteiger partial charge in [0.15, 0.2) is 11.6 Å². The highest BCUT2D eigenvalue weighted by Gasteiger charge is 2.26. The van der Waals surface area contributed by atoms with E-state index in [2.05, 4.69) is 14.5 Å². The van der Waals surface area contributed by atoms with E-state index in [0.717, 1.165) is 57.7 Å². The van der Waals surface area contributed by atoms with Crippen LogP contribution in [0.5, 0.6) is 0 Å². The molecule has 0 aliphatic carbocycles. The van der Waals surface area contributed by atoms with Crippen LogP contribution in [0.2, 0.25) is 0 Å². The van der Waals surface area contributed by atoms with Crippen molar-refractivity contribution in [2.75, 3.05) is 42.3 Å². The lowest BCUT2D eigenvalue weighted by Gasteiger charge is -2.36. The normalized spacial score (nSPS) is 19.6. The minimum Gasteiger partial charge on any atom is -0.478 e. The maximum atomic E-state index is 13.5. The SMILES string of the molecule is O=C(O)c1cc(NS(=O)(=O)c2ccc(F)c(F)c2)ccc1N1CCCC(CN2CCCC2)C1. The number of hydrogen-bond donors (Lipinski definition) is 2. The summed E-state index contributed by atoms with van der Waals surface area (Å²) in [7, 11) is -4.22. The summed E-state index contributed by atoms with van der Waals surface area (Å²) in [6, 6.07) is 6.61. The van der Waals surface area contributed by atoms with Gasteiger partial charge in [-0.15, -0.1) is 0 Å². The first kappa shape index (κ1) is 23.4. The zero-order chi connectivity index (χ0) is 23.6. The van der Waals surface area contributed by atoms with Crippen LogP contribution in [0.15, 0.2) is 41.3 Å². The lowest BCUT2D eigenvalue weighted by atomic mass is 9.96. The summed E-state index contributed by atoms with van der Waals surface area (Å²) >= 11 is 0. The number of halogens is 2. The molecule has 2 aliphatic rings. The lowest BCUT2D eigenvalue weighted by Crippen LogP contribution is -2.41. The molecule has 2 heterocycles. The van der Waals surface area contributed by atoms with Gasteiger partial charge in [-0.25, -0.2) is 22.0 Å². The minimum absolute atomic E-state index is 0.0118. The molecule has 1 atom stereocenters. The van der Waals surface area contributed by atoms with Crippen LogP contribution >= 0.6 is 0 Å². The molecule has 0 aromatic heterocycles. The molecule has 2 aromatic rings. The predicted molar refractivity (Wildman–Crippen MR) is 121 cm³/mol. The Hall–Kier alpha value is -2.72. The Morgan fingerprint density at radius 3 is 2.48 bits per heavy atom. The third kappa shape index (κ3) is 5.44. The van der Waals surface area contributed by atoms with Crippen molar-refractivity contribution in [3.63, 3.8) is 0 Å². The number of likely N-dealkylation sites (tertiary alicyclic amines) is 1. The average molecular weight is 480 g/mol. The third-order valence-electron chi connectivity index (χ3n) is 6.26. The molecular weight excluding hydrogens is 452 g/mol. The van der Waals surface area contributed by atoms with E-state index in [-0.39, 0.29) is 11.3 Å². The van der Waals surface area contributed by atoms with Gasteiger partial charge in [0.05, 0.1) is 16.1 Å². The number of rotatable bonds is 7. The van der Waals surface area contributed by atoms with Gasteiger partial charge in [0.1, 0.15) is 0 Å². The molecule has 0 spiro atoms. The molecule has 4 rings (SSSR count). The zero-order valence-electron chi connectivity index (χ0n) is 18.1. The Labute approximate surface area is 192 Å². The van der Waals surface area contributed by atoms with Crippen LogP contribution in [0.1, 0.15) is 36.0 Å². The number of sulfonamides is 1. The first-order chi connectivity index (χ1) is 15.7. The number of carbonyl (C=O) groups is 1. The molecule has 0 radical (unpaired) electrons. The molecule has 2 fully saturated rings. The fourth-order valence-electron chi connectivity index (χ4n) is 4.67. The van der Waals surface area contributed by atoms with E-state index in [9.17, 15) is 27.1 Å². The van der Waals surface area contributed by atoms with Gasteiger partial charge in [-0.1, -0.05) is 0 Å². The van der Waals surface area contributed by atoms with Crippen molar-refractivity contribution in [2.45, 2.75) is 30.6 Å². The minimum atomic E-state index is -4.22. The highest BCUT2D eigenvalue weighted by Crippen LogP contribution is 2.30. The van der Waals surface area contributed by atoms with E-state index in [1.165, 1.54) is 25.0 Å². The molecule has 7 nitrogen and oxygen atoms in total. The van der Waals surface area contributed by atoms with Crippen LogP contribution in [0.3, 0.4) is 0 Å². The third-order valence-corrected chi connectivity index (χ3v) is 7.63. The van der Waals surface area contributed by atoms with Crippen molar-refractivity contribution in [3.8, 4) is 0 Å². The smallest absolute Gasteiger partial charge is 0.337 e. The Bertz CT molecular complexity index is 1140. The standard InChI is InChI=1S/C23H27F2N3O4S/c24-20-7-6-18(13-21(20)25)33(31,32)26-17-5-8-22(19(12-17)23(29)30)28-11-3-4-16(15-28)14-27-9-1-2-10-27/h5-8,12-13,16,26H,1-4,9-11,14-15H2,(H,29,30). The number of benzene rings is 2. The Kier molecular flexibility index (Phi) is 6.85. The van der Waals surface area contributed by atoms with E-state index in [4.69, 9.17) is 0 Å². The van der Waals surface area contributed by atoms with Crippen LogP contribution < -0.4 is 9.62 Å². The fraction of sp³-hybridized carbons (Fsp3) is 0.435. The molecule has 2 aliphatic heterocycles. The van der Waals surface area contributed by atoms with E-state index >= 15 is 0 Å². The van der Waals surface area contributed by atoms with E-state index < -0.39 is 32.5 Å². The van der Waals surface area contributed by atoms with Gasteiger partial charge in [0.2, 0.25) is 0 Å². The predicted octanol–water partition coefficient (Wildman–Crippen LogP) is 3.78. The molecule has 10 heteroatoms. The van der Waals surface area contributed by atoms with Crippen LogP contribution in [0.4, 0.5) is 20.2 Å². The number of hydrogen-bond acceptors (Lipinski definition) is 5. The topological polar surface area (TPSA) is 89.9 Å². The van der Waals surface area contributed by atoms with Crippen molar-refractivity contribution in [2.24, 2.45) is 5.92 Å². The summed E-state index contributed by atoms with van der Waals surface area (Å²) in [5.41, 5.74) is 0.568. The highest BCUT2D eigenvalue weighted by atomic mass is 32.2. The second-order valence-electron chi connectivity index (χ2n) is 8.68. The molecule has 0 saturated carbocycles. The fourth-order valence-corrected chi connectivity index (χ4v) is 5.73. The van der Waals surface area contributed by atoms with Gasteiger partial charge < -0.3 is 14.9 Å². The van der Waals surface area contributed by atoms with Crippen molar-refractivity contribution < 1.29 is 27.1 Å². The summed E-state index contributed by atoms with van der Waals surface area (Å²) < 4.78 is 54.1. The number of nitrogens with one attached hydrogen (secondary N) is 1. The molecule has 2 aromatic carbocycles. The summed E-state index contributed by atoms with van der Waals surface area (Å²) in [6.45, 7) is 4.71. The number of carboxylic acids is 1. The molecule has 0 bridgehead atoms. The van der Waals surface area contributed by atoms with Crippen LogP contribution in [-0.4, -0.2) is 57.1 Å². The molecule has 178 valence electrons. The molecule has 2 saturated heterocycles. The van der Waals surface area contributed by atoms with Gasteiger partial charge in [-0.3, -0.25) is 4.72 Å². The van der Waals surface area contributed by atoms with E-state index in [0.29, 0.717) is 17.7 Å². The zero-order valence-corrected chi connectivity index (χ0v) is 19.0. The second-order valence-corrected chi connectivity index (χ2v) is 10.4. The maximum Gasteiger partial charge on any atom is 0.337 e. The Morgan fingerprint density at radius 1 is 1.03 bits per heavy atom. The van der Waals surface area contributed by atoms with Crippen LogP contribution in [0, 0.1) is 17.6 Å². The number of piperidine rings is 1. The first-order valence-electron chi connectivity index (χ1n) is 11.1. The molecule has 2 N–H and O–H groups in total. The number of anilines is 2. The quantitative estimate of drug-likeness (QED) is 0.628. The highest BCUT2D eigenvalue weighted by molar-refractivity contribution is 7.92. The number of carboxylic acid groups (broad SMARTS) is 1. The maximum absolute atomic E-state index is 13.5. The second kappa shape index (κ2) is 9.64. The summed E-state index contributed by atoms with van der Waals surface area (Å²) in [4.78, 5) is 16.1. The molecule has 33 heavy (non-hydrogen) atoms. The first-order valence-corrected chi connectivity index (χ1v) is 12.5. The van der Waals surface area contributed by atoms with Crippen molar-refractivity contribution in [1.29, 1.82) is 0 Å². The van der Waals surface area contributed by atoms with Crippen molar-refractivity contribution >= 4 is 27.4 Å². The van der Waals surface area contributed by atoms with Crippen molar-refractivity contribution in [3.05, 3.63) is 53.6 Å². The summed E-state index contributed by atoms with van der Waals surface area (Å²) in [5.74, 6) is -3.16. The monoisotopic (exact) mass is 479 g/mol. The van der Waals surface area contributed by atoms with Crippen LogP contribution in [0.25, 0.3) is 0 Å². The molecular formula is C23H27F2N3O4S. The number of nitrogens with zero attached hydrogens (tertiary/aromatic N) is 2.